The Kier molecular flexibility index (Phi) is 3.91. The maximum absolute atomic E-state index is 10.3. The SMILES string of the molecule is NCNC(=O)NCN. The molecule has 0 heterocycles. The van der Waals surface area contributed by atoms with E-state index >= 15 is 0 Å². The predicted octanol–water partition coefficient (Wildman–Crippen LogP) is -1.88. The lowest BCUT2D eigenvalue weighted by atomic mass is 10.9. The molecule has 0 aromatic carbocycles. The van der Waals surface area contributed by atoms with E-state index in [0.717, 1.165) is 0 Å². The first-order valence-electron chi connectivity index (χ1n) is 2.23. The van der Waals surface area contributed by atoms with Crippen molar-refractivity contribution in [2.75, 3.05) is 13.3 Å². The number of rotatable bonds is 2. The molecule has 5 heteroatoms. The third kappa shape index (κ3) is 3.38. The Morgan fingerprint density at radius 1 is 1.25 bits per heavy atom. The van der Waals surface area contributed by atoms with Gasteiger partial charge < -0.3 is 22.1 Å². The van der Waals surface area contributed by atoms with Gasteiger partial charge in [-0.1, -0.05) is 0 Å². The fourth-order valence-electron chi connectivity index (χ4n) is 0.248. The normalized spacial score (nSPS) is 8.25. The quantitative estimate of drug-likeness (QED) is 0.320. The van der Waals surface area contributed by atoms with Gasteiger partial charge in [-0.05, 0) is 0 Å². The van der Waals surface area contributed by atoms with Crippen LogP contribution in [-0.4, -0.2) is 19.4 Å². The van der Waals surface area contributed by atoms with Gasteiger partial charge in [0.2, 0.25) is 0 Å². The largest absolute Gasteiger partial charge is 0.326 e. The molecule has 0 saturated carbocycles. The molecule has 8 heavy (non-hydrogen) atoms. The summed E-state index contributed by atoms with van der Waals surface area (Å²) in [7, 11) is 0. The number of hydrogen-bond donors (Lipinski definition) is 4. The summed E-state index contributed by atoms with van der Waals surface area (Å²) in [5.74, 6) is 0. The third-order valence-corrected chi connectivity index (χ3v) is 0.525. The van der Waals surface area contributed by atoms with Gasteiger partial charge in [-0.25, -0.2) is 4.79 Å². The molecule has 0 atom stereocenters. The van der Waals surface area contributed by atoms with E-state index < -0.39 is 0 Å². The standard InChI is InChI=1S/C3H10N4O/c4-1-6-3(8)7-2-5/h1-2,4-5H2,(H2,6,7,8). The van der Waals surface area contributed by atoms with Gasteiger partial charge >= 0.3 is 6.03 Å². The van der Waals surface area contributed by atoms with Crippen LogP contribution in [0.1, 0.15) is 0 Å². The van der Waals surface area contributed by atoms with E-state index in [2.05, 4.69) is 10.6 Å². The summed E-state index contributed by atoms with van der Waals surface area (Å²) >= 11 is 0. The molecular formula is C3H10N4O. The van der Waals surface area contributed by atoms with Crippen LogP contribution >= 0.6 is 0 Å². The van der Waals surface area contributed by atoms with Crippen molar-refractivity contribution in [1.29, 1.82) is 0 Å². The number of carbonyl (C=O) groups excluding carboxylic acids is 1. The van der Waals surface area contributed by atoms with Gasteiger partial charge in [0.05, 0.1) is 13.3 Å². The summed E-state index contributed by atoms with van der Waals surface area (Å²) in [5, 5.41) is 4.59. The molecule has 2 amide bonds. The van der Waals surface area contributed by atoms with Crippen LogP contribution in [-0.2, 0) is 0 Å². The highest BCUT2D eigenvalue weighted by Crippen LogP contribution is 1.54. The van der Waals surface area contributed by atoms with E-state index in [1.165, 1.54) is 0 Å². The van der Waals surface area contributed by atoms with Gasteiger partial charge in [0.1, 0.15) is 0 Å². The zero-order chi connectivity index (χ0) is 6.41. The van der Waals surface area contributed by atoms with Crippen LogP contribution in [0.3, 0.4) is 0 Å². The molecular weight excluding hydrogens is 108 g/mol. The van der Waals surface area contributed by atoms with Crippen LogP contribution < -0.4 is 22.1 Å². The zero-order valence-electron chi connectivity index (χ0n) is 4.48. The van der Waals surface area contributed by atoms with Crippen molar-refractivity contribution >= 4 is 6.03 Å². The molecule has 0 radical (unpaired) electrons. The van der Waals surface area contributed by atoms with E-state index in [9.17, 15) is 4.79 Å². The average molecular weight is 118 g/mol. The summed E-state index contributed by atoms with van der Waals surface area (Å²) in [6, 6.07) is -0.338. The van der Waals surface area contributed by atoms with E-state index in [4.69, 9.17) is 11.5 Å². The van der Waals surface area contributed by atoms with Gasteiger partial charge in [0.15, 0.2) is 0 Å². The highest BCUT2D eigenvalue weighted by atomic mass is 16.2. The number of nitrogens with one attached hydrogen (secondary N) is 2. The molecule has 0 fully saturated rings. The fourth-order valence-corrected chi connectivity index (χ4v) is 0.248. The van der Waals surface area contributed by atoms with Gasteiger partial charge in [0.25, 0.3) is 0 Å². The second-order valence-corrected chi connectivity index (χ2v) is 1.09. The molecule has 0 rings (SSSR count). The van der Waals surface area contributed by atoms with Crippen LogP contribution in [0.5, 0.6) is 0 Å². The number of carbonyl (C=O) groups is 1. The van der Waals surface area contributed by atoms with Crippen LogP contribution in [0.4, 0.5) is 4.79 Å². The summed E-state index contributed by atoms with van der Waals surface area (Å²) in [4.78, 5) is 10.3. The topological polar surface area (TPSA) is 93.2 Å². The second-order valence-electron chi connectivity index (χ2n) is 1.09. The summed E-state index contributed by atoms with van der Waals surface area (Å²) < 4.78 is 0. The molecule has 0 bridgehead atoms. The Bertz CT molecular complexity index is 65.7. The highest BCUT2D eigenvalue weighted by molar-refractivity contribution is 5.73. The molecule has 48 valence electrons. The molecule has 0 spiro atoms. The Labute approximate surface area is 47.4 Å². The van der Waals surface area contributed by atoms with Gasteiger partial charge in [-0.3, -0.25) is 0 Å². The lowest BCUT2D eigenvalue weighted by molar-refractivity contribution is 0.241. The summed E-state index contributed by atoms with van der Waals surface area (Å²) in [6.45, 7) is 0.262. The van der Waals surface area contributed by atoms with Gasteiger partial charge in [-0.2, -0.15) is 0 Å². The number of amides is 2. The zero-order valence-corrected chi connectivity index (χ0v) is 4.48. The van der Waals surface area contributed by atoms with Crippen molar-refractivity contribution in [2.24, 2.45) is 11.5 Å². The molecule has 0 aliphatic rings. The first-order valence-corrected chi connectivity index (χ1v) is 2.23. The molecule has 0 saturated heterocycles. The van der Waals surface area contributed by atoms with Crippen molar-refractivity contribution in [1.82, 2.24) is 10.6 Å². The molecule has 0 unspecified atom stereocenters. The third-order valence-electron chi connectivity index (χ3n) is 0.525. The van der Waals surface area contributed by atoms with Crippen molar-refractivity contribution in [3.8, 4) is 0 Å². The van der Waals surface area contributed by atoms with Crippen molar-refractivity contribution in [2.45, 2.75) is 0 Å². The smallest absolute Gasteiger partial charge is 0.316 e. The second kappa shape index (κ2) is 4.35. The Hall–Kier alpha value is -0.810. The van der Waals surface area contributed by atoms with Crippen LogP contribution in [0.15, 0.2) is 0 Å². The minimum Gasteiger partial charge on any atom is -0.326 e. The molecule has 0 aromatic rings. The van der Waals surface area contributed by atoms with E-state index in [0.29, 0.717) is 0 Å². The first kappa shape index (κ1) is 7.19. The van der Waals surface area contributed by atoms with E-state index in [-0.39, 0.29) is 19.4 Å². The highest BCUT2D eigenvalue weighted by Gasteiger charge is 1.90. The van der Waals surface area contributed by atoms with Crippen LogP contribution in [0.2, 0.25) is 0 Å². The van der Waals surface area contributed by atoms with Gasteiger partial charge in [-0.15, -0.1) is 0 Å². The minimum absolute atomic E-state index is 0.131. The molecule has 0 aromatic heterocycles. The Morgan fingerprint density at radius 3 is 1.88 bits per heavy atom. The monoisotopic (exact) mass is 118 g/mol. The van der Waals surface area contributed by atoms with Crippen molar-refractivity contribution in [3.05, 3.63) is 0 Å². The number of hydrogen-bond acceptors (Lipinski definition) is 3. The molecule has 6 N–H and O–H groups in total. The van der Waals surface area contributed by atoms with E-state index in [1.807, 2.05) is 0 Å². The van der Waals surface area contributed by atoms with Crippen LogP contribution in [0.25, 0.3) is 0 Å². The maximum Gasteiger partial charge on any atom is 0.316 e. The number of nitrogens with two attached hydrogens (primary N) is 2. The van der Waals surface area contributed by atoms with Crippen molar-refractivity contribution < 1.29 is 4.79 Å². The maximum atomic E-state index is 10.3. The van der Waals surface area contributed by atoms with Gasteiger partial charge in [0, 0.05) is 0 Å². The fraction of sp³-hybridized carbons (Fsp3) is 0.667. The molecule has 0 aliphatic heterocycles. The lowest BCUT2D eigenvalue weighted by Gasteiger charge is -1.99. The summed E-state index contributed by atoms with van der Waals surface area (Å²) in [6.07, 6.45) is 0. The Balaban J connectivity index is 3.06. The van der Waals surface area contributed by atoms with E-state index in [1.54, 1.807) is 0 Å². The lowest BCUT2D eigenvalue weighted by Crippen LogP contribution is -2.41. The predicted molar refractivity (Wildman–Crippen MR) is 29.8 cm³/mol. The summed E-state index contributed by atoms with van der Waals surface area (Å²) in [5.41, 5.74) is 9.89. The first-order chi connectivity index (χ1) is 3.81. The molecule has 0 aliphatic carbocycles. The van der Waals surface area contributed by atoms with Crippen molar-refractivity contribution in [3.63, 3.8) is 0 Å². The minimum atomic E-state index is -0.338. The number of urea groups is 1. The average Bonchev–Trinajstić information content (AvgIpc) is 1.68. The molecule has 5 nitrogen and oxygen atoms in total. The van der Waals surface area contributed by atoms with Crippen LogP contribution in [0, 0.1) is 0 Å². The Morgan fingerprint density at radius 2 is 1.62 bits per heavy atom.